The van der Waals surface area contributed by atoms with Crippen LogP contribution in [0.5, 0.6) is 11.6 Å². The Kier molecular flexibility index (Phi) is 8.45. The van der Waals surface area contributed by atoms with Crippen molar-refractivity contribution < 1.29 is 4.74 Å². The fraction of sp³-hybridized carbons (Fsp3) is 0.0339. The minimum atomic E-state index is 0.646. The van der Waals surface area contributed by atoms with Gasteiger partial charge in [0, 0.05) is 69.8 Å². The van der Waals surface area contributed by atoms with Gasteiger partial charge < -0.3 is 4.74 Å². The van der Waals surface area contributed by atoms with Crippen LogP contribution in [-0.4, -0.2) is 19.5 Å². The van der Waals surface area contributed by atoms with Crippen LogP contribution in [0.2, 0.25) is 0 Å². The topological polar surface area (TPSA) is 52.8 Å². The van der Waals surface area contributed by atoms with E-state index in [9.17, 15) is 0 Å². The number of hydrogen-bond acceptors (Lipinski definition) is 5. The molecule has 1 aliphatic rings. The minimum Gasteiger partial charge on any atom is -0.438 e. The molecule has 0 amide bonds. The molecule has 4 aromatic heterocycles. The Hall–Kier alpha value is -8.19. The Morgan fingerprint density at radius 3 is 2.05 bits per heavy atom. The van der Waals surface area contributed by atoms with Crippen molar-refractivity contribution in [3.63, 3.8) is 0 Å². The molecule has 0 spiro atoms. The molecule has 5 nitrogen and oxygen atoms in total. The van der Waals surface area contributed by atoms with Crippen molar-refractivity contribution in [2.75, 3.05) is 0 Å². The molecular weight excluding hydrogens is 813 g/mol. The first-order valence-electron chi connectivity index (χ1n) is 22.2. The standard InChI is InChI=1S/C57H32N4OS.C2H6/c1-2-10-33(11-3-1)34-19-21-36(22-20-34)53-43-26-23-35-12-4-5-13-39(35)54(43)60-57(59-53)61-48-17-7-6-14-40(48)44-30-37(24-27-49(44)61)38-25-28-51-45(31-38)47-32-46-41-16-9-29-58-56(41)62-50-18-8-15-42(52(46)50)55(47)63-51;1-2/h1-32H;1-2H3. The molecule has 0 saturated heterocycles. The van der Waals surface area contributed by atoms with Crippen molar-refractivity contribution in [2.24, 2.45) is 0 Å². The fourth-order valence-corrected chi connectivity index (χ4v) is 11.1. The second-order valence-electron chi connectivity index (χ2n) is 16.3. The van der Waals surface area contributed by atoms with E-state index in [1.165, 1.54) is 42.2 Å². The van der Waals surface area contributed by atoms with Crippen LogP contribution in [0.4, 0.5) is 0 Å². The molecule has 1 aliphatic heterocycles. The summed E-state index contributed by atoms with van der Waals surface area (Å²) in [6.07, 6.45) is 1.79. The maximum Gasteiger partial charge on any atom is 0.235 e. The summed E-state index contributed by atoms with van der Waals surface area (Å²) in [6, 6.07) is 67.3. The summed E-state index contributed by atoms with van der Waals surface area (Å²) in [5.41, 5.74) is 11.9. The van der Waals surface area contributed by atoms with E-state index in [0.717, 1.165) is 82.6 Å². The van der Waals surface area contributed by atoms with Gasteiger partial charge in [0.25, 0.3) is 0 Å². The van der Waals surface area contributed by atoms with Crippen molar-refractivity contribution in [2.45, 2.75) is 13.8 Å². The number of benzene rings is 9. The van der Waals surface area contributed by atoms with Crippen LogP contribution in [0.25, 0.3) is 125 Å². The molecule has 0 saturated carbocycles. The van der Waals surface area contributed by atoms with Gasteiger partial charge in [-0.1, -0.05) is 141 Å². The lowest BCUT2D eigenvalue weighted by Crippen LogP contribution is -2.03. The van der Waals surface area contributed by atoms with Crippen molar-refractivity contribution in [3.8, 4) is 62.2 Å². The van der Waals surface area contributed by atoms with Gasteiger partial charge >= 0.3 is 0 Å². The zero-order valence-corrected chi connectivity index (χ0v) is 36.4. The number of nitrogens with zero attached hydrogens (tertiary/aromatic N) is 4. The Balaban J connectivity index is 0.00000209. The lowest BCUT2D eigenvalue weighted by Gasteiger charge is -2.20. The number of hydrogen-bond donors (Lipinski definition) is 0. The maximum atomic E-state index is 6.31. The lowest BCUT2D eigenvalue weighted by atomic mass is 9.93. The molecule has 0 bridgehead atoms. The van der Waals surface area contributed by atoms with Gasteiger partial charge in [-0.25, -0.2) is 15.0 Å². The van der Waals surface area contributed by atoms with Crippen LogP contribution < -0.4 is 4.74 Å². The number of aromatic nitrogens is 4. The van der Waals surface area contributed by atoms with E-state index in [2.05, 4.69) is 185 Å². The summed E-state index contributed by atoms with van der Waals surface area (Å²) >= 11 is 1.85. The van der Waals surface area contributed by atoms with Crippen molar-refractivity contribution in [1.29, 1.82) is 0 Å². The Bertz CT molecular complexity index is 4060. The first-order valence-corrected chi connectivity index (χ1v) is 23.0. The average Bonchev–Trinajstić information content (AvgIpc) is 3.92. The summed E-state index contributed by atoms with van der Waals surface area (Å²) in [4.78, 5) is 15.5. The zero-order valence-electron chi connectivity index (χ0n) is 35.6. The van der Waals surface area contributed by atoms with Crippen molar-refractivity contribution >= 4 is 85.8 Å². The molecule has 0 atom stereocenters. The molecule has 0 radical (unpaired) electrons. The zero-order chi connectivity index (χ0) is 43.2. The third kappa shape index (κ3) is 5.74. The van der Waals surface area contributed by atoms with E-state index in [0.29, 0.717) is 11.8 Å². The number of ether oxygens (including phenoxy) is 1. The van der Waals surface area contributed by atoms with Crippen LogP contribution in [0.1, 0.15) is 13.8 Å². The molecule has 306 valence electrons. The van der Waals surface area contributed by atoms with Crippen LogP contribution in [0.3, 0.4) is 0 Å². The second-order valence-corrected chi connectivity index (χ2v) is 17.4. The van der Waals surface area contributed by atoms with Gasteiger partial charge in [0.1, 0.15) is 5.75 Å². The highest BCUT2D eigenvalue weighted by Gasteiger charge is 2.24. The summed E-state index contributed by atoms with van der Waals surface area (Å²) in [5.74, 6) is 2.16. The highest BCUT2D eigenvalue weighted by Crippen LogP contribution is 2.51. The quantitative estimate of drug-likeness (QED) is 0.166. The molecule has 0 aliphatic carbocycles. The predicted molar refractivity (Wildman–Crippen MR) is 273 cm³/mol. The number of para-hydroxylation sites is 1. The molecular formula is C59H38N4OS. The van der Waals surface area contributed by atoms with Gasteiger partial charge in [-0.15, -0.1) is 11.3 Å². The van der Waals surface area contributed by atoms with Gasteiger partial charge in [-0.05, 0) is 93.9 Å². The van der Waals surface area contributed by atoms with Gasteiger partial charge in [0.05, 0.1) is 22.2 Å². The number of fused-ring (bicyclic) bond motifs is 12. The molecule has 0 N–H and O–H groups in total. The van der Waals surface area contributed by atoms with Crippen molar-refractivity contribution in [3.05, 3.63) is 194 Å². The predicted octanol–water partition coefficient (Wildman–Crippen LogP) is 16.6. The Labute approximate surface area is 378 Å². The van der Waals surface area contributed by atoms with E-state index in [1.54, 1.807) is 6.20 Å². The molecule has 0 fully saturated rings. The van der Waals surface area contributed by atoms with Crippen LogP contribution in [0, 0.1) is 0 Å². The smallest absolute Gasteiger partial charge is 0.235 e. The van der Waals surface area contributed by atoms with Gasteiger partial charge in [-0.3, -0.25) is 4.57 Å². The number of pyridine rings is 1. The summed E-state index contributed by atoms with van der Waals surface area (Å²) in [7, 11) is 0. The van der Waals surface area contributed by atoms with E-state index in [4.69, 9.17) is 14.7 Å². The molecule has 13 aromatic rings. The first-order chi connectivity index (χ1) is 32.2. The van der Waals surface area contributed by atoms with Gasteiger partial charge in [0.2, 0.25) is 11.8 Å². The SMILES string of the molecule is CC.c1ccc(-c2ccc(-c3nc(-n4c5ccccc5c5cc(-c6ccc7sc8c9cccc%10c9c(cc8c7c6)-c6cccnc6O%10)ccc54)nc4c3ccc3ccccc34)cc2)cc1. The number of thiophene rings is 1. The lowest BCUT2D eigenvalue weighted by molar-refractivity contribution is 0.467. The normalized spacial score (nSPS) is 12.0. The Morgan fingerprint density at radius 2 is 1.17 bits per heavy atom. The van der Waals surface area contributed by atoms with Crippen LogP contribution in [-0.2, 0) is 0 Å². The minimum absolute atomic E-state index is 0.646. The van der Waals surface area contributed by atoms with Gasteiger partial charge in [-0.2, -0.15) is 0 Å². The number of rotatable bonds is 4. The van der Waals surface area contributed by atoms with Crippen LogP contribution in [0.15, 0.2) is 194 Å². The third-order valence-electron chi connectivity index (χ3n) is 12.9. The summed E-state index contributed by atoms with van der Waals surface area (Å²) < 4.78 is 11.1. The molecule has 5 heterocycles. The van der Waals surface area contributed by atoms with E-state index in [1.807, 2.05) is 37.3 Å². The van der Waals surface area contributed by atoms with E-state index in [-0.39, 0.29) is 0 Å². The third-order valence-corrected chi connectivity index (χ3v) is 14.1. The highest BCUT2D eigenvalue weighted by molar-refractivity contribution is 7.26. The van der Waals surface area contributed by atoms with E-state index >= 15 is 0 Å². The van der Waals surface area contributed by atoms with Gasteiger partial charge in [0.15, 0.2) is 0 Å². The van der Waals surface area contributed by atoms with Crippen LogP contribution >= 0.6 is 11.3 Å². The Morgan fingerprint density at radius 1 is 0.462 bits per heavy atom. The second kappa shape index (κ2) is 14.7. The van der Waals surface area contributed by atoms with Crippen molar-refractivity contribution in [1.82, 2.24) is 19.5 Å². The largest absolute Gasteiger partial charge is 0.438 e. The molecule has 9 aromatic carbocycles. The van der Waals surface area contributed by atoms with E-state index < -0.39 is 0 Å². The summed E-state index contributed by atoms with van der Waals surface area (Å²) in [5, 5.41) is 10.4. The maximum absolute atomic E-state index is 6.31. The fourth-order valence-electron chi connectivity index (χ4n) is 9.92. The highest BCUT2D eigenvalue weighted by atomic mass is 32.1. The average molecular weight is 851 g/mol. The molecule has 14 rings (SSSR count). The monoisotopic (exact) mass is 850 g/mol. The summed E-state index contributed by atoms with van der Waals surface area (Å²) in [6.45, 7) is 4.00. The molecule has 65 heavy (non-hydrogen) atoms. The first kappa shape index (κ1) is 37.4. The molecule has 6 heteroatoms. The molecule has 0 unspecified atom stereocenters.